The summed E-state index contributed by atoms with van der Waals surface area (Å²) < 4.78 is 23.6. The number of rotatable bonds is 3. The van der Waals surface area contributed by atoms with E-state index in [0.29, 0.717) is 22.1 Å². The molecule has 5 nitrogen and oxygen atoms in total. The summed E-state index contributed by atoms with van der Waals surface area (Å²) in [6.07, 6.45) is 1.36. The molecule has 0 bridgehead atoms. The number of benzene rings is 2. The lowest BCUT2D eigenvalue weighted by Crippen LogP contribution is -2.13. The molecule has 0 aromatic heterocycles. The van der Waals surface area contributed by atoms with Crippen molar-refractivity contribution in [1.29, 1.82) is 5.26 Å². The number of carbonyl (C=O) groups excluding carboxylic acids is 1. The summed E-state index contributed by atoms with van der Waals surface area (Å²) in [6, 6.07) is 8.67. The van der Waals surface area contributed by atoms with Crippen LogP contribution >= 0.6 is 23.2 Å². The smallest absolute Gasteiger partial charge is 0.266 e. The Morgan fingerprint density at radius 2 is 2.04 bits per heavy atom. The van der Waals surface area contributed by atoms with Gasteiger partial charge in [0.25, 0.3) is 5.91 Å². The fourth-order valence-electron chi connectivity index (χ4n) is 2.16. The second-order valence-corrected chi connectivity index (χ2v) is 5.80. The molecule has 0 saturated carbocycles. The lowest BCUT2D eigenvalue weighted by Gasteiger charge is -2.06. The Balaban J connectivity index is 1.85. The van der Waals surface area contributed by atoms with Crippen molar-refractivity contribution in [1.82, 2.24) is 0 Å². The van der Waals surface area contributed by atoms with Gasteiger partial charge in [-0.2, -0.15) is 5.26 Å². The molecule has 1 aliphatic heterocycles. The van der Waals surface area contributed by atoms with Crippen molar-refractivity contribution in [3.63, 3.8) is 0 Å². The van der Waals surface area contributed by atoms with E-state index in [0.717, 1.165) is 6.07 Å². The Hall–Kier alpha value is -2.75. The minimum atomic E-state index is -0.668. The largest absolute Gasteiger partial charge is 0.454 e. The van der Waals surface area contributed by atoms with Crippen LogP contribution < -0.4 is 14.8 Å². The molecule has 1 heterocycles. The van der Waals surface area contributed by atoms with Gasteiger partial charge in [-0.3, -0.25) is 4.79 Å². The van der Waals surface area contributed by atoms with E-state index in [4.69, 9.17) is 32.7 Å². The number of fused-ring (bicyclic) bond motifs is 1. The maximum absolute atomic E-state index is 13.2. The number of hydrogen-bond acceptors (Lipinski definition) is 4. The average Bonchev–Trinajstić information content (AvgIpc) is 3.05. The molecule has 2 aromatic carbocycles. The number of amides is 1. The summed E-state index contributed by atoms with van der Waals surface area (Å²) in [5.41, 5.74) is 0.592. The second-order valence-electron chi connectivity index (χ2n) is 4.99. The number of halogens is 3. The number of nitriles is 1. The van der Waals surface area contributed by atoms with Gasteiger partial charge >= 0.3 is 0 Å². The fourth-order valence-corrected chi connectivity index (χ4v) is 2.61. The van der Waals surface area contributed by atoms with Crippen LogP contribution in [0, 0.1) is 17.1 Å². The van der Waals surface area contributed by atoms with Crippen molar-refractivity contribution in [2.24, 2.45) is 0 Å². The summed E-state index contributed by atoms with van der Waals surface area (Å²) in [5, 5.41) is 11.9. The van der Waals surface area contributed by atoms with E-state index >= 15 is 0 Å². The number of ether oxygens (including phenoxy) is 2. The van der Waals surface area contributed by atoms with Crippen LogP contribution in [-0.2, 0) is 4.79 Å². The van der Waals surface area contributed by atoms with Gasteiger partial charge in [-0.25, -0.2) is 4.39 Å². The maximum Gasteiger partial charge on any atom is 0.266 e. The molecule has 0 fully saturated rings. The van der Waals surface area contributed by atoms with Crippen molar-refractivity contribution >= 4 is 40.9 Å². The Morgan fingerprint density at radius 1 is 1.24 bits per heavy atom. The molecule has 126 valence electrons. The van der Waals surface area contributed by atoms with Crippen LogP contribution in [-0.4, -0.2) is 12.7 Å². The molecule has 0 radical (unpaired) electrons. The number of carbonyl (C=O) groups is 1. The van der Waals surface area contributed by atoms with Crippen LogP contribution in [0.15, 0.2) is 35.9 Å². The first-order valence-electron chi connectivity index (χ1n) is 6.95. The van der Waals surface area contributed by atoms with E-state index in [1.54, 1.807) is 12.1 Å². The van der Waals surface area contributed by atoms with Crippen LogP contribution in [0.1, 0.15) is 5.56 Å². The zero-order chi connectivity index (χ0) is 18.0. The minimum Gasteiger partial charge on any atom is -0.454 e. The van der Waals surface area contributed by atoms with Crippen molar-refractivity contribution in [3.8, 4) is 17.6 Å². The van der Waals surface area contributed by atoms with Crippen LogP contribution in [0.25, 0.3) is 6.08 Å². The van der Waals surface area contributed by atoms with Gasteiger partial charge in [-0.15, -0.1) is 0 Å². The van der Waals surface area contributed by atoms with Crippen LogP contribution in [0.2, 0.25) is 10.0 Å². The zero-order valence-electron chi connectivity index (χ0n) is 12.5. The highest BCUT2D eigenvalue weighted by Crippen LogP contribution is 2.40. The van der Waals surface area contributed by atoms with Gasteiger partial charge in [-0.1, -0.05) is 23.2 Å². The standard InChI is InChI=1S/C17H9Cl2FN2O3/c18-12-6-11(1-2-14(12)20)22-17(23)10(7-21)3-9-4-13(19)16-15(5-9)24-8-25-16/h1-6H,8H2,(H,22,23)/b10-3+. The Bertz CT molecular complexity index is 938. The van der Waals surface area contributed by atoms with Gasteiger partial charge in [0, 0.05) is 5.69 Å². The lowest BCUT2D eigenvalue weighted by atomic mass is 10.1. The molecule has 0 unspecified atom stereocenters. The highest BCUT2D eigenvalue weighted by molar-refractivity contribution is 6.32. The molecular formula is C17H9Cl2FN2O3. The van der Waals surface area contributed by atoms with Crippen molar-refractivity contribution in [2.45, 2.75) is 0 Å². The minimum absolute atomic E-state index is 0.0547. The van der Waals surface area contributed by atoms with Gasteiger partial charge in [0.1, 0.15) is 17.5 Å². The second kappa shape index (κ2) is 7.01. The summed E-state index contributed by atoms with van der Waals surface area (Å²) in [6.45, 7) is 0.0547. The summed E-state index contributed by atoms with van der Waals surface area (Å²) in [5.74, 6) is -0.422. The Kier molecular flexibility index (Phi) is 4.79. The normalized spacial score (nSPS) is 12.6. The summed E-state index contributed by atoms with van der Waals surface area (Å²) in [7, 11) is 0. The van der Waals surface area contributed by atoms with Gasteiger partial charge in [-0.05, 0) is 42.0 Å². The number of hydrogen-bond donors (Lipinski definition) is 1. The van der Waals surface area contributed by atoms with E-state index < -0.39 is 11.7 Å². The van der Waals surface area contributed by atoms with Gasteiger partial charge in [0.2, 0.25) is 6.79 Å². The molecule has 8 heteroatoms. The van der Waals surface area contributed by atoms with E-state index in [1.165, 1.54) is 18.2 Å². The Labute approximate surface area is 152 Å². The summed E-state index contributed by atoms with van der Waals surface area (Å²) >= 11 is 11.7. The van der Waals surface area contributed by atoms with Gasteiger partial charge < -0.3 is 14.8 Å². The quantitative estimate of drug-likeness (QED) is 0.634. The number of nitrogens with zero attached hydrogens (tertiary/aromatic N) is 1. The monoisotopic (exact) mass is 378 g/mol. The van der Waals surface area contributed by atoms with Crippen LogP contribution in [0.5, 0.6) is 11.5 Å². The van der Waals surface area contributed by atoms with Gasteiger partial charge in [0.15, 0.2) is 11.5 Å². The van der Waals surface area contributed by atoms with Crippen molar-refractivity contribution in [3.05, 3.63) is 57.3 Å². The molecule has 1 amide bonds. The first-order valence-corrected chi connectivity index (χ1v) is 7.71. The molecular weight excluding hydrogens is 370 g/mol. The van der Waals surface area contributed by atoms with E-state index in [2.05, 4.69) is 5.32 Å². The van der Waals surface area contributed by atoms with Crippen molar-refractivity contribution < 1.29 is 18.7 Å². The van der Waals surface area contributed by atoms with Gasteiger partial charge in [0.05, 0.1) is 10.0 Å². The molecule has 2 aromatic rings. The molecule has 3 rings (SSSR count). The summed E-state index contributed by atoms with van der Waals surface area (Å²) in [4.78, 5) is 12.2. The van der Waals surface area contributed by atoms with Crippen molar-refractivity contribution in [2.75, 3.05) is 12.1 Å². The SMILES string of the molecule is N#C/C(=C\c1cc(Cl)c2c(c1)OCO2)C(=O)Nc1ccc(F)c(Cl)c1. The third-order valence-corrected chi connectivity index (χ3v) is 3.87. The predicted molar refractivity (Wildman–Crippen MR) is 91.2 cm³/mol. The van der Waals surface area contributed by atoms with E-state index in [1.807, 2.05) is 6.07 Å². The number of nitrogens with one attached hydrogen (secondary N) is 1. The molecule has 0 spiro atoms. The highest BCUT2D eigenvalue weighted by atomic mass is 35.5. The molecule has 0 saturated heterocycles. The molecule has 25 heavy (non-hydrogen) atoms. The molecule has 0 atom stereocenters. The maximum atomic E-state index is 13.2. The first-order chi connectivity index (χ1) is 12.0. The first kappa shape index (κ1) is 17.1. The van der Waals surface area contributed by atoms with Crippen LogP contribution in [0.4, 0.5) is 10.1 Å². The third kappa shape index (κ3) is 3.68. The lowest BCUT2D eigenvalue weighted by molar-refractivity contribution is -0.112. The predicted octanol–water partition coefficient (Wildman–Crippen LogP) is 4.41. The number of anilines is 1. The topological polar surface area (TPSA) is 71.3 Å². The molecule has 1 aliphatic rings. The van der Waals surface area contributed by atoms with Crippen LogP contribution in [0.3, 0.4) is 0 Å². The third-order valence-electron chi connectivity index (χ3n) is 3.30. The average molecular weight is 379 g/mol. The molecule has 0 aliphatic carbocycles. The van der Waals surface area contributed by atoms with E-state index in [-0.39, 0.29) is 23.1 Å². The highest BCUT2D eigenvalue weighted by Gasteiger charge is 2.18. The molecule has 1 N–H and O–H groups in total. The Morgan fingerprint density at radius 3 is 2.76 bits per heavy atom. The zero-order valence-corrected chi connectivity index (χ0v) is 14.0. The van der Waals surface area contributed by atoms with E-state index in [9.17, 15) is 14.4 Å². The fraction of sp³-hybridized carbons (Fsp3) is 0.0588.